The molecule has 0 spiro atoms. The van der Waals surface area contributed by atoms with Gasteiger partial charge in [-0.15, -0.1) is 23.1 Å². The van der Waals surface area contributed by atoms with E-state index >= 15 is 0 Å². The molecule has 0 saturated carbocycles. The maximum Gasteiger partial charge on any atom is 0.151 e. The van der Waals surface area contributed by atoms with Gasteiger partial charge in [-0.25, -0.2) is 9.97 Å². The number of nitrogens with zero attached hydrogens (tertiary/aromatic N) is 4. The van der Waals surface area contributed by atoms with Crippen molar-refractivity contribution >= 4 is 47.6 Å². The highest BCUT2D eigenvalue weighted by Crippen LogP contribution is 2.31. The first-order chi connectivity index (χ1) is 12.1. The highest BCUT2D eigenvalue weighted by atomic mass is 32.2. The quantitative estimate of drug-likeness (QED) is 0.325. The molecule has 0 saturated heterocycles. The van der Waals surface area contributed by atoms with Crippen LogP contribution >= 0.6 is 23.1 Å². The van der Waals surface area contributed by atoms with Crippen LogP contribution in [0, 0.1) is 18.3 Å². The summed E-state index contributed by atoms with van der Waals surface area (Å²) in [5, 5.41) is 14.9. The lowest BCUT2D eigenvalue weighted by molar-refractivity contribution is 0.112. The molecule has 0 bridgehead atoms. The summed E-state index contributed by atoms with van der Waals surface area (Å²) in [6, 6.07) is 5.66. The number of thiazole rings is 1. The zero-order valence-corrected chi connectivity index (χ0v) is 15.5. The van der Waals surface area contributed by atoms with Gasteiger partial charge in [-0.1, -0.05) is 0 Å². The van der Waals surface area contributed by atoms with Crippen molar-refractivity contribution in [1.82, 2.24) is 9.97 Å². The fraction of sp³-hybridized carbons (Fsp3) is 0.235. The van der Waals surface area contributed by atoms with Crippen LogP contribution in [-0.2, 0) is 0 Å². The molecular weight excluding hydrogens is 354 g/mol. The molecule has 1 atom stereocenters. The van der Waals surface area contributed by atoms with E-state index in [1.54, 1.807) is 12.1 Å². The van der Waals surface area contributed by atoms with Gasteiger partial charge < -0.3 is 5.32 Å². The molecule has 0 aliphatic heterocycles. The molecule has 6 nitrogen and oxygen atoms in total. The molecule has 8 heteroatoms. The number of hydrogen-bond donors (Lipinski definition) is 1. The third-order valence-electron chi connectivity index (χ3n) is 3.23. The molecule has 0 fully saturated rings. The van der Waals surface area contributed by atoms with E-state index in [0.29, 0.717) is 17.3 Å². The minimum absolute atomic E-state index is 0.238. The highest BCUT2D eigenvalue weighted by Gasteiger charge is 2.15. The number of anilines is 1. The lowest BCUT2D eigenvalue weighted by Gasteiger charge is -2.04. The average molecular weight is 371 g/mol. The van der Waals surface area contributed by atoms with E-state index in [0.717, 1.165) is 27.6 Å². The molecule has 0 aliphatic carbocycles. The van der Waals surface area contributed by atoms with Crippen LogP contribution in [0.5, 0.6) is 0 Å². The number of pyridine rings is 1. The number of rotatable bonds is 8. The van der Waals surface area contributed by atoms with Gasteiger partial charge >= 0.3 is 0 Å². The van der Waals surface area contributed by atoms with Crippen LogP contribution in [0.15, 0.2) is 28.7 Å². The van der Waals surface area contributed by atoms with Crippen molar-refractivity contribution in [3.63, 3.8) is 0 Å². The summed E-state index contributed by atoms with van der Waals surface area (Å²) in [5.41, 5.74) is 2.13. The first kappa shape index (κ1) is 18.8. The molecule has 2 aromatic heterocycles. The number of nitriles is 1. The Morgan fingerprint density at radius 2 is 2.40 bits per heavy atom. The summed E-state index contributed by atoms with van der Waals surface area (Å²) < 4.78 is 0. The number of aliphatic imine (C=N–C) groups is 1. The minimum atomic E-state index is -0.238. The van der Waals surface area contributed by atoms with E-state index in [4.69, 9.17) is 5.26 Å². The van der Waals surface area contributed by atoms with Gasteiger partial charge in [0.2, 0.25) is 0 Å². The molecular formula is C17H17N5OS2. The first-order valence-electron chi connectivity index (χ1n) is 7.40. The largest absolute Gasteiger partial charge is 0.361 e. The third kappa shape index (κ3) is 4.98. The Labute approximate surface area is 154 Å². The van der Waals surface area contributed by atoms with Crippen molar-refractivity contribution in [3.05, 3.63) is 44.9 Å². The van der Waals surface area contributed by atoms with E-state index in [2.05, 4.69) is 33.1 Å². The Bertz CT molecular complexity index is 821. The van der Waals surface area contributed by atoms with Gasteiger partial charge in [0.15, 0.2) is 6.29 Å². The number of aryl methyl sites for hydroxylation is 1. The van der Waals surface area contributed by atoms with E-state index in [1.807, 2.05) is 19.3 Å². The molecule has 25 heavy (non-hydrogen) atoms. The Morgan fingerprint density at radius 3 is 3.00 bits per heavy atom. The Hall–Kier alpha value is -2.50. The van der Waals surface area contributed by atoms with Crippen LogP contribution in [0.2, 0.25) is 0 Å². The van der Waals surface area contributed by atoms with E-state index < -0.39 is 0 Å². The summed E-state index contributed by atoms with van der Waals surface area (Å²) in [6.45, 7) is 7.36. The van der Waals surface area contributed by atoms with Gasteiger partial charge in [-0.05, 0) is 38.1 Å². The van der Waals surface area contributed by atoms with Crippen molar-refractivity contribution in [2.75, 3.05) is 11.2 Å². The van der Waals surface area contributed by atoms with Crippen LogP contribution in [0.1, 0.15) is 38.8 Å². The number of hydrogen-bond acceptors (Lipinski definition) is 8. The number of nitrogens with one attached hydrogen (secondary N) is 1. The molecule has 1 N–H and O–H groups in total. The summed E-state index contributed by atoms with van der Waals surface area (Å²) in [4.78, 5) is 24.2. The normalized spacial score (nSPS) is 12.3. The Kier molecular flexibility index (Phi) is 6.86. The number of carbonyl (C=O) groups is 1. The molecule has 2 rings (SSSR count). The molecule has 128 valence electrons. The number of aromatic nitrogens is 2. The van der Waals surface area contributed by atoms with E-state index in [9.17, 15) is 4.79 Å². The van der Waals surface area contributed by atoms with Crippen molar-refractivity contribution < 1.29 is 4.79 Å². The topological polar surface area (TPSA) is 91.0 Å². The molecule has 0 radical (unpaired) electrons. The lowest BCUT2D eigenvalue weighted by atomic mass is 10.2. The maximum absolute atomic E-state index is 10.6. The smallest absolute Gasteiger partial charge is 0.151 e. The van der Waals surface area contributed by atoms with Crippen molar-refractivity contribution in [2.45, 2.75) is 19.8 Å². The number of carbonyl (C=O) groups excluding carboxylic acids is 1. The molecule has 2 heterocycles. The fourth-order valence-corrected chi connectivity index (χ4v) is 3.66. The summed E-state index contributed by atoms with van der Waals surface area (Å²) >= 11 is 2.98. The van der Waals surface area contributed by atoms with Crippen LogP contribution in [-0.4, -0.2) is 28.8 Å². The SMILES string of the molecule is C=N/C(=C\SCNc1ccc(C=O)cn1)c1sc(C(C)C#N)nc1C. The second kappa shape index (κ2) is 9.11. The standard InChI is InChI=1S/C17H17N5OS2/c1-11(6-18)17-22-12(2)16(25-17)14(19-3)9-24-10-21-15-5-4-13(8-23)7-20-15/h4-5,7-9,11H,3,10H2,1-2H3,(H,20,21)/b14-9-. The predicted molar refractivity (Wildman–Crippen MR) is 104 cm³/mol. The zero-order chi connectivity index (χ0) is 18.2. The second-order valence-electron chi connectivity index (χ2n) is 5.06. The number of thioether (sulfide) groups is 1. The Morgan fingerprint density at radius 1 is 1.60 bits per heavy atom. The van der Waals surface area contributed by atoms with Gasteiger partial charge in [0.1, 0.15) is 10.8 Å². The van der Waals surface area contributed by atoms with Crippen LogP contribution < -0.4 is 5.32 Å². The van der Waals surface area contributed by atoms with Crippen molar-refractivity contribution in [1.29, 1.82) is 5.26 Å². The van der Waals surface area contributed by atoms with Gasteiger partial charge in [0, 0.05) is 11.8 Å². The number of aldehydes is 1. The molecule has 1 unspecified atom stereocenters. The summed E-state index contributed by atoms with van der Waals surface area (Å²) in [5.74, 6) is 1.04. The minimum Gasteiger partial charge on any atom is -0.361 e. The molecule has 2 aromatic rings. The monoisotopic (exact) mass is 371 g/mol. The van der Waals surface area contributed by atoms with Crippen LogP contribution in [0.25, 0.3) is 5.70 Å². The van der Waals surface area contributed by atoms with Gasteiger partial charge in [0.05, 0.1) is 34.1 Å². The van der Waals surface area contributed by atoms with Gasteiger partial charge in [-0.3, -0.25) is 9.79 Å². The summed E-state index contributed by atoms with van der Waals surface area (Å²) in [7, 11) is 0. The maximum atomic E-state index is 10.6. The van der Waals surface area contributed by atoms with Gasteiger partial charge in [0.25, 0.3) is 0 Å². The van der Waals surface area contributed by atoms with E-state index in [-0.39, 0.29) is 5.92 Å². The third-order valence-corrected chi connectivity index (χ3v) is 5.30. The second-order valence-corrected chi connectivity index (χ2v) is 6.95. The first-order valence-corrected chi connectivity index (χ1v) is 9.26. The fourth-order valence-electron chi connectivity index (χ4n) is 1.87. The molecule has 0 aliphatic rings. The Balaban J connectivity index is 2.00. The van der Waals surface area contributed by atoms with Crippen LogP contribution in [0.3, 0.4) is 0 Å². The highest BCUT2D eigenvalue weighted by molar-refractivity contribution is 8.02. The molecule has 0 amide bonds. The summed E-state index contributed by atoms with van der Waals surface area (Å²) in [6.07, 6.45) is 2.28. The van der Waals surface area contributed by atoms with Crippen molar-refractivity contribution in [2.24, 2.45) is 4.99 Å². The predicted octanol–water partition coefficient (Wildman–Crippen LogP) is 4.09. The van der Waals surface area contributed by atoms with E-state index in [1.165, 1.54) is 29.3 Å². The van der Waals surface area contributed by atoms with Gasteiger partial charge in [-0.2, -0.15) is 5.26 Å². The van der Waals surface area contributed by atoms with Crippen LogP contribution in [0.4, 0.5) is 5.82 Å². The lowest BCUT2D eigenvalue weighted by Crippen LogP contribution is -1.99. The van der Waals surface area contributed by atoms with Crippen molar-refractivity contribution in [3.8, 4) is 6.07 Å². The average Bonchev–Trinajstić information content (AvgIpc) is 3.03. The molecule has 0 aromatic carbocycles. The zero-order valence-electron chi connectivity index (χ0n) is 13.9.